The molecule has 0 unspecified atom stereocenters. The van der Waals surface area contributed by atoms with Crippen molar-refractivity contribution >= 4 is 9.84 Å². The van der Waals surface area contributed by atoms with Gasteiger partial charge in [-0.25, -0.2) is 12.8 Å². The van der Waals surface area contributed by atoms with Crippen molar-refractivity contribution in [2.24, 2.45) is 0 Å². The molecule has 0 fully saturated rings. The predicted octanol–water partition coefficient (Wildman–Crippen LogP) is 1.69. The largest absolute Gasteiger partial charge is 0.492 e. The van der Waals surface area contributed by atoms with Gasteiger partial charge in [0, 0.05) is 11.3 Å². The zero-order valence-corrected chi connectivity index (χ0v) is 11.2. The van der Waals surface area contributed by atoms with Crippen molar-refractivity contribution < 1.29 is 22.7 Å². The number of aliphatic hydroxyl groups excluding tert-OH is 1. The van der Waals surface area contributed by atoms with Gasteiger partial charge in [-0.1, -0.05) is 6.92 Å². The number of ether oxygens (including phenoxy) is 1. The molecule has 1 atom stereocenters. The highest BCUT2D eigenvalue weighted by atomic mass is 32.2. The second-order valence-corrected chi connectivity index (χ2v) is 6.42. The van der Waals surface area contributed by atoms with Crippen molar-refractivity contribution in [3.8, 4) is 5.75 Å². The molecule has 0 saturated heterocycles. The van der Waals surface area contributed by atoms with E-state index in [-0.39, 0.29) is 18.1 Å². The van der Waals surface area contributed by atoms with E-state index < -0.39 is 21.8 Å². The van der Waals surface area contributed by atoms with E-state index in [2.05, 4.69) is 0 Å². The van der Waals surface area contributed by atoms with Crippen molar-refractivity contribution in [1.82, 2.24) is 0 Å². The molecule has 0 aliphatic carbocycles. The maximum atomic E-state index is 13.0. The van der Waals surface area contributed by atoms with E-state index in [4.69, 9.17) is 4.74 Å². The summed E-state index contributed by atoms with van der Waals surface area (Å²) in [6.07, 6.45) is -0.876. The molecule has 1 rings (SSSR count). The molecule has 0 amide bonds. The van der Waals surface area contributed by atoms with E-state index in [0.29, 0.717) is 11.3 Å². The van der Waals surface area contributed by atoms with Crippen molar-refractivity contribution in [3.63, 3.8) is 0 Å². The van der Waals surface area contributed by atoms with Gasteiger partial charge < -0.3 is 9.84 Å². The van der Waals surface area contributed by atoms with Crippen LogP contribution in [0.3, 0.4) is 0 Å². The van der Waals surface area contributed by atoms with Crippen LogP contribution in [0.5, 0.6) is 5.75 Å². The van der Waals surface area contributed by atoms with Crippen molar-refractivity contribution in [2.45, 2.75) is 20.0 Å². The molecule has 0 spiro atoms. The predicted molar refractivity (Wildman–Crippen MR) is 66.9 cm³/mol. The summed E-state index contributed by atoms with van der Waals surface area (Å²) < 4.78 is 40.8. The summed E-state index contributed by atoms with van der Waals surface area (Å²) in [6.45, 7) is 3.04. The summed E-state index contributed by atoms with van der Waals surface area (Å²) in [7, 11) is -3.09. The summed E-state index contributed by atoms with van der Waals surface area (Å²) in [4.78, 5) is 0. The Balaban J connectivity index is 2.73. The van der Waals surface area contributed by atoms with Crippen LogP contribution in [0.2, 0.25) is 0 Å². The third kappa shape index (κ3) is 4.27. The zero-order chi connectivity index (χ0) is 13.8. The Morgan fingerprint density at radius 2 is 2.11 bits per heavy atom. The van der Waals surface area contributed by atoms with Gasteiger partial charge in [0.25, 0.3) is 0 Å². The minimum atomic E-state index is -3.09. The van der Waals surface area contributed by atoms with Crippen LogP contribution in [0.1, 0.15) is 25.5 Å². The lowest BCUT2D eigenvalue weighted by molar-refractivity contribution is 0.191. The Hall–Kier alpha value is -1.14. The van der Waals surface area contributed by atoms with E-state index >= 15 is 0 Å². The molecule has 0 aliphatic heterocycles. The van der Waals surface area contributed by atoms with Crippen molar-refractivity contribution in [2.75, 3.05) is 18.1 Å². The van der Waals surface area contributed by atoms with E-state index in [9.17, 15) is 17.9 Å². The summed E-state index contributed by atoms with van der Waals surface area (Å²) in [5.74, 6) is -0.208. The highest BCUT2D eigenvalue weighted by molar-refractivity contribution is 7.91. The lowest BCUT2D eigenvalue weighted by Gasteiger charge is -2.13. The lowest BCUT2D eigenvalue weighted by atomic mass is 10.1. The molecule has 18 heavy (non-hydrogen) atoms. The Labute approximate surface area is 106 Å². The highest BCUT2D eigenvalue weighted by Gasteiger charge is 2.12. The van der Waals surface area contributed by atoms with Crippen LogP contribution >= 0.6 is 0 Å². The number of rotatable bonds is 6. The first-order valence-corrected chi connectivity index (χ1v) is 7.48. The lowest BCUT2D eigenvalue weighted by Crippen LogP contribution is -2.16. The van der Waals surface area contributed by atoms with E-state index in [0.717, 1.165) is 0 Å². The number of benzene rings is 1. The third-order valence-corrected chi connectivity index (χ3v) is 4.18. The maximum Gasteiger partial charge on any atom is 0.153 e. The number of aliphatic hydroxyl groups is 1. The second-order valence-electron chi connectivity index (χ2n) is 3.94. The Morgan fingerprint density at radius 1 is 1.44 bits per heavy atom. The summed E-state index contributed by atoms with van der Waals surface area (Å²) in [6, 6.07) is 3.76. The summed E-state index contributed by atoms with van der Waals surface area (Å²) in [5.41, 5.74) is 0.309. The van der Waals surface area contributed by atoms with Crippen LogP contribution in [0, 0.1) is 5.82 Å². The smallest absolute Gasteiger partial charge is 0.153 e. The van der Waals surface area contributed by atoms with Gasteiger partial charge in [-0.2, -0.15) is 0 Å². The van der Waals surface area contributed by atoms with Gasteiger partial charge in [-0.15, -0.1) is 0 Å². The molecule has 0 saturated carbocycles. The van der Waals surface area contributed by atoms with Crippen LogP contribution in [0.4, 0.5) is 4.39 Å². The minimum absolute atomic E-state index is 0.0124. The van der Waals surface area contributed by atoms with E-state index in [1.807, 2.05) is 0 Å². The molecule has 1 aromatic carbocycles. The molecular weight excluding hydrogens is 259 g/mol. The van der Waals surface area contributed by atoms with Crippen LogP contribution < -0.4 is 4.74 Å². The van der Waals surface area contributed by atoms with E-state index in [1.165, 1.54) is 25.1 Å². The normalized spacial score (nSPS) is 13.3. The fourth-order valence-corrected chi connectivity index (χ4v) is 2.03. The SMILES string of the molecule is CCS(=O)(=O)CCOc1ccc(F)cc1[C@@H](C)O. The first kappa shape index (κ1) is 14.9. The molecule has 4 nitrogen and oxygen atoms in total. The van der Waals surface area contributed by atoms with Gasteiger partial charge in [0.05, 0.1) is 11.9 Å². The number of sulfone groups is 1. The Kier molecular flexibility index (Phi) is 5.10. The Bertz CT molecular complexity index is 497. The summed E-state index contributed by atoms with van der Waals surface area (Å²) in [5, 5.41) is 9.47. The fraction of sp³-hybridized carbons (Fsp3) is 0.500. The first-order chi connectivity index (χ1) is 8.35. The quantitative estimate of drug-likeness (QED) is 0.859. The maximum absolute atomic E-state index is 13.0. The highest BCUT2D eigenvalue weighted by Crippen LogP contribution is 2.25. The molecule has 0 radical (unpaired) electrons. The molecule has 102 valence electrons. The second kappa shape index (κ2) is 6.15. The third-order valence-electron chi connectivity index (χ3n) is 2.51. The van der Waals surface area contributed by atoms with Crippen LogP contribution in [-0.2, 0) is 9.84 Å². The minimum Gasteiger partial charge on any atom is -0.492 e. The number of halogens is 1. The topological polar surface area (TPSA) is 63.6 Å². The molecular formula is C12H17FO4S. The van der Waals surface area contributed by atoms with Crippen molar-refractivity contribution in [3.05, 3.63) is 29.6 Å². The Morgan fingerprint density at radius 3 is 2.67 bits per heavy atom. The molecule has 1 N–H and O–H groups in total. The van der Waals surface area contributed by atoms with Gasteiger partial charge in [0.15, 0.2) is 9.84 Å². The monoisotopic (exact) mass is 276 g/mol. The van der Waals surface area contributed by atoms with Gasteiger partial charge in [0.1, 0.15) is 18.2 Å². The van der Waals surface area contributed by atoms with E-state index in [1.54, 1.807) is 6.92 Å². The zero-order valence-electron chi connectivity index (χ0n) is 10.4. The van der Waals surface area contributed by atoms with Crippen LogP contribution in [0.15, 0.2) is 18.2 Å². The van der Waals surface area contributed by atoms with Crippen LogP contribution in [-0.4, -0.2) is 31.6 Å². The van der Waals surface area contributed by atoms with Gasteiger partial charge in [-0.3, -0.25) is 0 Å². The molecule has 0 aliphatic rings. The summed E-state index contributed by atoms with van der Waals surface area (Å²) >= 11 is 0. The number of hydrogen-bond acceptors (Lipinski definition) is 4. The van der Waals surface area contributed by atoms with Crippen molar-refractivity contribution in [1.29, 1.82) is 0 Å². The number of hydrogen-bond donors (Lipinski definition) is 1. The van der Waals surface area contributed by atoms with Crippen LogP contribution in [0.25, 0.3) is 0 Å². The van der Waals surface area contributed by atoms with Gasteiger partial charge in [-0.05, 0) is 25.1 Å². The first-order valence-electron chi connectivity index (χ1n) is 5.66. The molecule has 0 bridgehead atoms. The average Bonchev–Trinajstić information content (AvgIpc) is 2.30. The molecule has 0 heterocycles. The fourth-order valence-electron chi connectivity index (χ4n) is 1.40. The average molecular weight is 276 g/mol. The molecule has 0 aromatic heterocycles. The standard InChI is InChI=1S/C12H17FO4S/c1-3-18(15,16)7-6-17-12-5-4-10(13)8-11(12)9(2)14/h4-5,8-9,14H,3,6-7H2,1-2H3/t9-/m1/s1. The molecule has 6 heteroatoms. The van der Waals surface area contributed by atoms with Gasteiger partial charge >= 0.3 is 0 Å². The van der Waals surface area contributed by atoms with Gasteiger partial charge in [0.2, 0.25) is 0 Å². The molecule has 1 aromatic rings.